The molecule has 30 heavy (non-hydrogen) atoms. The average Bonchev–Trinajstić information content (AvgIpc) is 2.73. The molecule has 0 radical (unpaired) electrons. The molecule has 0 spiro atoms. The first-order chi connectivity index (χ1) is 14.3. The van der Waals surface area contributed by atoms with Gasteiger partial charge in [-0.1, -0.05) is 12.1 Å². The molecule has 2 aliphatic heterocycles. The Bertz CT molecular complexity index is 927. The van der Waals surface area contributed by atoms with Gasteiger partial charge in [-0.2, -0.15) is 13.2 Å². The molecular weight excluding hydrogens is 399 g/mol. The minimum atomic E-state index is -4.51. The van der Waals surface area contributed by atoms with Crippen molar-refractivity contribution in [2.45, 2.75) is 12.3 Å². The molecule has 1 N–H and O–H groups in total. The number of hydrogen-bond donors (Lipinski definition) is 1. The lowest BCUT2D eigenvalue weighted by atomic mass is 10.1. The largest absolute Gasteiger partial charge is 0.485 e. The Morgan fingerprint density at radius 2 is 1.77 bits per heavy atom. The molecule has 1 atom stereocenters. The molecule has 2 aromatic rings. The average molecular weight is 421 g/mol. The van der Waals surface area contributed by atoms with Gasteiger partial charge in [-0.25, -0.2) is 0 Å². The van der Waals surface area contributed by atoms with Gasteiger partial charge >= 0.3 is 6.18 Å². The molecule has 2 heterocycles. The zero-order valence-electron chi connectivity index (χ0n) is 16.4. The number of nitrogens with one attached hydrogen (secondary N) is 1. The molecule has 0 aliphatic carbocycles. The molecule has 0 aromatic heterocycles. The molecular formula is C21H22F3N3O3. The van der Waals surface area contributed by atoms with E-state index >= 15 is 0 Å². The lowest BCUT2D eigenvalue weighted by Gasteiger charge is -2.35. The number of para-hydroxylation sites is 2. The van der Waals surface area contributed by atoms with Gasteiger partial charge in [-0.05, 0) is 37.4 Å². The van der Waals surface area contributed by atoms with Crippen molar-refractivity contribution in [2.24, 2.45) is 0 Å². The molecule has 9 heteroatoms. The highest BCUT2D eigenvalue weighted by Gasteiger charge is 2.33. The third-order valence-electron chi connectivity index (χ3n) is 5.23. The number of amides is 1. The number of carbonyl (C=O) groups is 1. The van der Waals surface area contributed by atoms with Crippen LogP contribution in [0, 0.1) is 0 Å². The molecule has 4 rings (SSSR count). The van der Waals surface area contributed by atoms with Gasteiger partial charge in [0.25, 0.3) is 5.91 Å². The van der Waals surface area contributed by atoms with Gasteiger partial charge in [0.15, 0.2) is 11.5 Å². The standard InChI is InChI=1S/C21H22F3N3O3/c1-26-8-10-27(11-9-26)16-7-6-14(21(22,23)24)12-15(16)25-20(28)19-13-29-17-4-2-3-5-18(17)30-19/h2-7,12,19H,8-11,13H2,1H3,(H,25,28)/t19-/m0/s1. The molecule has 0 saturated carbocycles. The van der Waals surface area contributed by atoms with Crippen LogP contribution >= 0.6 is 0 Å². The summed E-state index contributed by atoms with van der Waals surface area (Å²) in [6.07, 6.45) is -5.47. The minimum absolute atomic E-state index is 0.0222. The first-order valence-electron chi connectivity index (χ1n) is 9.65. The number of carbonyl (C=O) groups excluding carboxylic acids is 1. The van der Waals surface area contributed by atoms with Gasteiger partial charge in [0.1, 0.15) is 6.61 Å². The molecule has 160 valence electrons. The summed E-state index contributed by atoms with van der Waals surface area (Å²) in [4.78, 5) is 16.9. The van der Waals surface area contributed by atoms with Crippen LogP contribution in [0.1, 0.15) is 5.56 Å². The van der Waals surface area contributed by atoms with Crippen LogP contribution in [0.25, 0.3) is 0 Å². The number of piperazine rings is 1. The van der Waals surface area contributed by atoms with Crippen molar-refractivity contribution in [1.29, 1.82) is 0 Å². The maximum atomic E-state index is 13.3. The quantitative estimate of drug-likeness (QED) is 0.825. The summed E-state index contributed by atoms with van der Waals surface area (Å²) in [6, 6.07) is 10.4. The number of nitrogens with zero attached hydrogens (tertiary/aromatic N) is 2. The first-order valence-corrected chi connectivity index (χ1v) is 9.65. The highest BCUT2D eigenvalue weighted by atomic mass is 19.4. The van der Waals surface area contributed by atoms with E-state index in [1.165, 1.54) is 6.07 Å². The number of fused-ring (bicyclic) bond motifs is 1. The van der Waals surface area contributed by atoms with E-state index in [1.807, 2.05) is 11.9 Å². The molecule has 0 unspecified atom stereocenters. The molecule has 2 aromatic carbocycles. The Balaban J connectivity index is 1.57. The molecule has 1 amide bonds. The van der Waals surface area contributed by atoms with Crippen LogP contribution in [-0.2, 0) is 11.0 Å². The maximum absolute atomic E-state index is 13.3. The van der Waals surface area contributed by atoms with E-state index in [-0.39, 0.29) is 12.3 Å². The highest BCUT2D eigenvalue weighted by molar-refractivity contribution is 5.98. The lowest BCUT2D eigenvalue weighted by molar-refractivity contribution is -0.137. The fraction of sp³-hybridized carbons (Fsp3) is 0.381. The van der Waals surface area contributed by atoms with Crippen molar-refractivity contribution in [3.63, 3.8) is 0 Å². The molecule has 0 bridgehead atoms. The van der Waals surface area contributed by atoms with Crippen LogP contribution in [0.15, 0.2) is 42.5 Å². The van der Waals surface area contributed by atoms with Crippen molar-refractivity contribution >= 4 is 17.3 Å². The third-order valence-corrected chi connectivity index (χ3v) is 5.23. The molecule has 1 saturated heterocycles. The van der Waals surface area contributed by atoms with Crippen molar-refractivity contribution < 1.29 is 27.4 Å². The Morgan fingerprint density at radius 1 is 1.07 bits per heavy atom. The maximum Gasteiger partial charge on any atom is 0.416 e. The SMILES string of the molecule is CN1CCN(c2ccc(C(F)(F)F)cc2NC(=O)[C@@H]2COc3ccccc3O2)CC1. The van der Waals surface area contributed by atoms with Crippen LogP contribution in [0.3, 0.4) is 0 Å². The zero-order valence-corrected chi connectivity index (χ0v) is 16.4. The predicted molar refractivity (Wildman–Crippen MR) is 106 cm³/mol. The van der Waals surface area contributed by atoms with Crippen LogP contribution in [0.2, 0.25) is 0 Å². The number of rotatable bonds is 3. The summed E-state index contributed by atoms with van der Waals surface area (Å²) in [5.41, 5.74) is -0.148. The number of hydrogen-bond acceptors (Lipinski definition) is 5. The number of ether oxygens (including phenoxy) is 2. The number of halogens is 3. The number of likely N-dealkylation sites (N-methyl/N-ethyl adjacent to an activating group) is 1. The summed E-state index contributed by atoms with van der Waals surface area (Å²) in [7, 11) is 1.99. The summed E-state index contributed by atoms with van der Waals surface area (Å²) in [5.74, 6) is 0.394. The zero-order chi connectivity index (χ0) is 21.3. The van der Waals surface area contributed by atoms with Gasteiger partial charge in [-0.3, -0.25) is 4.79 Å². The second-order valence-electron chi connectivity index (χ2n) is 7.37. The van der Waals surface area contributed by atoms with E-state index in [1.54, 1.807) is 24.3 Å². The summed E-state index contributed by atoms with van der Waals surface area (Å²) in [6.45, 7) is 2.85. The molecule has 1 fully saturated rings. The molecule has 6 nitrogen and oxygen atoms in total. The Hall–Kier alpha value is -2.94. The van der Waals surface area contributed by atoms with Crippen molar-refractivity contribution in [1.82, 2.24) is 4.90 Å². The van der Waals surface area contributed by atoms with Gasteiger partial charge < -0.3 is 24.6 Å². The normalized spacial score (nSPS) is 19.5. The van der Waals surface area contributed by atoms with E-state index in [2.05, 4.69) is 10.2 Å². The monoisotopic (exact) mass is 421 g/mol. The number of alkyl halides is 3. The van der Waals surface area contributed by atoms with Crippen LogP contribution in [0.5, 0.6) is 11.5 Å². The fourth-order valence-electron chi connectivity index (χ4n) is 3.50. The second kappa shape index (κ2) is 8.06. The summed E-state index contributed by atoms with van der Waals surface area (Å²) in [5, 5.41) is 2.63. The van der Waals surface area contributed by atoms with E-state index in [0.717, 1.165) is 25.2 Å². The van der Waals surface area contributed by atoms with E-state index < -0.39 is 23.8 Å². The van der Waals surface area contributed by atoms with Gasteiger partial charge in [0.2, 0.25) is 6.10 Å². The van der Waals surface area contributed by atoms with Gasteiger partial charge in [0.05, 0.1) is 16.9 Å². The van der Waals surface area contributed by atoms with Crippen LogP contribution in [-0.4, -0.2) is 56.7 Å². The lowest BCUT2D eigenvalue weighted by Crippen LogP contribution is -2.45. The van der Waals surface area contributed by atoms with E-state index in [0.29, 0.717) is 30.3 Å². The van der Waals surface area contributed by atoms with Crippen molar-refractivity contribution in [2.75, 3.05) is 50.1 Å². The van der Waals surface area contributed by atoms with E-state index in [4.69, 9.17) is 9.47 Å². The smallest absolute Gasteiger partial charge is 0.416 e. The third kappa shape index (κ3) is 4.30. The minimum Gasteiger partial charge on any atom is -0.485 e. The van der Waals surface area contributed by atoms with E-state index in [9.17, 15) is 18.0 Å². The van der Waals surface area contributed by atoms with Gasteiger partial charge in [-0.15, -0.1) is 0 Å². The van der Waals surface area contributed by atoms with Crippen molar-refractivity contribution in [3.8, 4) is 11.5 Å². The topological polar surface area (TPSA) is 54.0 Å². The predicted octanol–water partition coefficient (Wildman–Crippen LogP) is 3.24. The van der Waals surface area contributed by atoms with Crippen LogP contribution in [0.4, 0.5) is 24.5 Å². The Kier molecular flexibility index (Phi) is 5.46. The Labute approximate surface area is 172 Å². The van der Waals surface area contributed by atoms with Crippen molar-refractivity contribution in [3.05, 3.63) is 48.0 Å². The molecule has 2 aliphatic rings. The fourth-order valence-corrected chi connectivity index (χ4v) is 3.50. The highest BCUT2D eigenvalue weighted by Crippen LogP contribution is 2.36. The Morgan fingerprint density at radius 3 is 2.47 bits per heavy atom. The first kappa shape index (κ1) is 20.3. The number of benzene rings is 2. The van der Waals surface area contributed by atoms with Crippen LogP contribution < -0.4 is 19.7 Å². The second-order valence-corrected chi connectivity index (χ2v) is 7.37. The summed E-state index contributed by atoms with van der Waals surface area (Å²) < 4.78 is 51.1. The van der Waals surface area contributed by atoms with Gasteiger partial charge in [0, 0.05) is 26.2 Å². The summed E-state index contributed by atoms with van der Waals surface area (Å²) >= 11 is 0. The number of anilines is 2.